The lowest BCUT2D eigenvalue weighted by atomic mass is 10.0. The smallest absolute Gasteiger partial charge is 0.407 e. The van der Waals surface area contributed by atoms with Gasteiger partial charge in [-0.2, -0.15) is 0 Å². The summed E-state index contributed by atoms with van der Waals surface area (Å²) in [4.78, 5) is 61.1. The zero-order valence-corrected chi connectivity index (χ0v) is 29.6. The second kappa shape index (κ2) is 14.9. The van der Waals surface area contributed by atoms with E-state index in [0.29, 0.717) is 12.4 Å². The van der Waals surface area contributed by atoms with Crippen LogP contribution < -0.4 is 0 Å². The van der Waals surface area contributed by atoms with Gasteiger partial charge < -0.3 is 24.9 Å². The molecule has 2 aromatic carbocycles. The number of aromatic nitrogens is 4. The van der Waals surface area contributed by atoms with E-state index in [1.165, 1.54) is 7.05 Å². The molecule has 2 fully saturated rings. The topological polar surface area (TPSA) is 142 Å². The summed E-state index contributed by atoms with van der Waals surface area (Å²) in [6.07, 6.45) is 6.01. The molecule has 12 heteroatoms. The summed E-state index contributed by atoms with van der Waals surface area (Å²) in [5.74, 6) is 1.50. The van der Waals surface area contributed by atoms with Crippen molar-refractivity contribution in [3.8, 4) is 33.6 Å². The molecule has 4 heterocycles. The fraction of sp³-hybridized carbons (Fsp3) is 0.447. The van der Waals surface area contributed by atoms with E-state index in [2.05, 4.69) is 82.2 Å². The summed E-state index contributed by atoms with van der Waals surface area (Å²) in [6, 6.07) is 15.5. The minimum absolute atomic E-state index is 0.0351. The van der Waals surface area contributed by atoms with Gasteiger partial charge in [-0.15, -0.1) is 0 Å². The first-order valence-corrected chi connectivity index (χ1v) is 17.7. The molecule has 0 aliphatic carbocycles. The molecule has 2 saturated heterocycles. The largest absolute Gasteiger partial charge is 0.465 e. The number of rotatable bonds is 11. The molecule has 12 nitrogen and oxygen atoms in total. The Balaban J connectivity index is 1.11. The number of aromatic amines is 2. The number of hydrogen-bond donors (Lipinski definition) is 3. The highest BCUT2D eigenvalue weighted by atomic mass is 16.4. The van der Waals surface area contributed by atoms with Crippen LogP contribution in [-0.2, 0) is 9.59 Å². The van der Waals surface area contributed by atoms with Gasteiger partial charge in [-0.1, -0.05) is 62.4 Å². The Labute approximate surface area is 293 Å². The Kier molecular flexibility index (Phi) is 10.4. The third kappa shape index (κ3) is 6.89. The monoisotopic (exact) mass is 680 g/mol. The molecule has 2 aliphatic heterocycles. The first-order chi connectivity index (χ1) is 24.1. The molecule has 2 aromatic heterocycles. The van der Waals surface area contributed by atoms with Gasteiger partial charge >= 0.3 is 6.09 Å². The van der Waals surface area contributed by atoms with Gasteiger partial charge in [0.1, 0.15) is 17.7 Å². The third-order valence-electron chi connectivity index (χ3n) is 10.6. The second-order valence-corrected chi connectivity index (χ2v) is 13.4. The van der Waals surface area contributed by atoms with Crippen molar-refractivity contribution in [1.82, 2.24) is 39.5 Å². The minimum Gasteiger partial charge on any atom is -0.465 e. The second-order valence-electron chi connectivity index (χ2n) is 13.4. The summed E-state index contributed by atoms with van der Waals surface area (Å²) in [5, 5.41) is 9.32. The van der Waals surface area contributed by atoms with E-state index in [4.69, 9.17) is 4.98 Å². The molecule has 3 N–H and O–H groups in total. The standard InChI is InChI=1S/C38H48N8O4/c1-6-44(7-2)25(4)37(48)46-21-9-11-33(46)35-40-23-31(42-35)29-18-14-27(15-19-29)26-12-16-28(17-13-26)30-22-39-34(41-30)32-10-8-20-45(32)36(47)24(3)43(5)38(49)50/h12-19,22-25,32-33H,6-11,20-21H2,1-5H3,(H,39,41)(H,40,42)(H,49,50)/t24-,25+,32-,33-/m0/s1. The van der Waals surface area contributed by atoms with Crippen LogP contribution in [0.15, 0.2) is 60.9 Å². The number of carbonyl (C=O) groups excluding carboxylic acids is 2. The third-order valence-corrected chi connectivity index (χ3v) is 10.6. The molecule has 3 amide bonds. The molecule has 2 aliphatic rings. The molecule has 4 aromatic rings. The van der Waals surface area contributed by atoms with Crippen molar-refractivity contribution in [3.63, 3.8) is 0 Å². The molecule has 264 valence electrons. The first kappa shape index (κ1) is 34.9. The number of likely N-dealkylation sites (N-methyl/N-ethyl adjacent to an activating group) is 2. The highest BCUT2D eigenvalue weighted by Gasteiger charge is 2.37. The molecular formula is C38H48N8O4. The summed E-state index contributed by atoms with van der Waals surface area (Å²) in [7, 11) is 1.41. The zero-order valence-electron chi connectivity index (χ0n) is 29.6. The van der Waals surface area contributed by atoms with E-state index in [9.17, 15) is 19.5 Å². The lowest BCUT2D eigenvalue weighted by molar-refractivity contribution is -0.137. The number of benzene rings is 2. The van der Waals surface area contributed by atoms with Crippen LogP contribution in [-0.4, -0.2) is 108 Å². The van der Waals surface area contributed by atoms with Crippen LogP contribution in [0.2, 0.25) is 0 Å². The number of amides is 3. The van der Waals surface area contributed by atoms with Crippen LogP contribution in [0, 0.1) is 0 Å². The summed E-state index contributed by atoms with van der Waals surface area (Å²) >= 11 is 0. The molecule has 0 bridgehead atoms. The molecular weight excluding hydrogens is 632 g/mol. The van der Waals surface area contributed by atoms with Gasteiger partial charge in [0.15, 0.2) is 0 Å². The average Bonchev–Trinajstić information content (AvgIpc) is 3.97. The van der Waals surface area contributed by atoms with Gasteiger partial charge in [0.2, 0.25) is 11.8 Å². The molecule has 0 unspecified atom stereocenters. The van der Waals surface area contributed by atoms with Gasteiger partial charge in [0, 0.05) is 20.1 Å². The van der Waals surface area contributed by atoms with E-state index >= 15 is 0 Å². The first-order valence-electron chi connectivity index (χ1n) is 17.7. The summed E-state index contributed by atoms with van der Waals surface area (Å²) < 4.78 is 0. The van der Waals surface area contributed by atoms with Gasteiger partial charge in [-0.05, 0) is 74.9 Å². The number of nitrogens with one attached hydrogen (secondary N) is 2. The Hall–Kier alpha value is -4.97. The highest BCUT2D eigenvalue weighted by molar-refractivity contribution is 5.85. The molecule has 0 saturated carbocycles. The van der Waals surface area contributed by atoms with Crippen molar-refractivity contribution in [3.05, 3.63) is 72.6 Å². The van der Waals surface area contributed by atoms with Crippen LogP contribution in [0.3, 0.4) is 0 Å². The maximum atomic E-state index is 13.4. The number of imidazole rings is 2. The quantitative estimate of drug-likeness (QED) is 0.172. The normalized spacial score (nSPS) is 18.8. The van der Waals surface area contributed by atoms with E-state index in [-0.39, 0.29) is 29.9 Å². The van der Waals surface area contributed by atoms with Crippen molar-refractivity contribution < 1.29 is 19.5 Å². The van der Waals surface area contributed by atoms with Gasteiger partial charge in [-0.25, -0.2) is 14.8 Å². The fourth-order valence-corrected chi connectivity index (χ4v) is 7.36. The van der Waals surface area contributed by atoms with Crippen molar-refractivity contribution in [2.45, 2.75) is 77.5 Å². The highest BCUT2D eigenvalue weighted by Crippen LogP contribution is 2.35. The summed E-state index contributed by atoms with van der Waals surface area (Å²) in [5.41, 5.74) is 5.97. The van der Waals surface area contributed by atoms with Gasteiger partial charge in [-0.3, -0.25) is 19.4 Å². The van der Waals surface area contributed by atoms with Crippen molar-refractivity contribution >= 4 is 17.9 Å². The SMILES string of the molecule is CCN(CC)[C@H](C)C(=O)N1CCC[C@H]1c1ncc(-c2ccc(-c3ccc(-c4cnc([C@@H]5CCCN5C(=O)[C@H](C)N(C)C(=O)O)[nH]4)cc3)cc2)[nH]1. The maximum absolute atomic E-state index is 13.4. The number of carboxylic acid groups (broad SMARTS) is 1. The summed E-state index contributed by atoms with van der Waals surface area (Å²) in [6.45, 7) is 10.8. The van der Waals surface area contributed by atoms with Crippen LogP contribution >= 0.6 is 0 Å². The van der Waals surface area contributed by atoms with Crippen molar-refractivity contribution in [2.75, 3.05) is 33.2 Å². The van der Waals surface area contributed by atoms with E-state index < -0.39 is 12.1 Å². The molecule has 4 atom stereocenters. The Morgan fingerprint density at radius 3 is 1.54 bits per heavy atom. The van der Waals surface area contributed by atoms with Gasteiger partial charge in [0.05, 0.1) is 41.9 Å². The lowest BCUT2D eigenvalue weighted by Gasteiger charge is -2.31. The number of H-pyrrole nitrogens is 2. The predicted octanol–water partition coefficient (Wildman–Crippen LogP) is 6.19. The van der Waals surface area contributed by atoms with Crippen molar-refractivity contribution in [2.24, 2.45) is 0 Å². The molecule has 0 spiro atoms. The van der Waals surface area contributed by atoms with Crippen LogP contribution in [0.4, 0.5) is 4.79 Å². The fourth-order valence-electron chi connectivity index (χ4n) is 7.36. The van der Waals surface area contributed by atoms with E-state index in [1.54, 1.807) is 18.0 Å². The van der Waals surface area contributed by atoms with Crippen molar-refractivity contribution in [1.29, 1.82) is 0 Å². The number of hydrogen-bond acceptors (Lipinski definition) is 6. The Bertz CT molecular complexity index is 1800. The lowest BCUT2D eigenvalue weighted by Crippen LogP contribution is -2.47. The van der Waals surface area contributed by atoms with E-state index in [0.717, 1.165) is 89.7 Å². The number of nitrogens with zero attached hydrogens (tertiary/aromatic N) is 6. The van der Waals surface area contributed by atoms with Crippen LogP contribution in [0.5, 0.6) is 0 Å². The predicted molar refractivity (Wildman–Crippen MR) is 192 cm³/mol. The Morgan fingerprint density at radius 1 is 0.740 bits per heavy atom. The average molecular weight is 681 g/mol. The zero-order chi connectivity index (χ0) is 35.5. The van der Waals surface area contributed by atoms with Crippen LogP contribution in [0.1, 0.15) is 77.1 Å². The van der Waals surface area contributed by atoms with E-state index in [1.807, 2.05) is 18.0 Å². The Morgan fingerprint density at radius 2 is 1.14 bits per heavy atom. The maximum Gasteiger partial charge on any atom is 0.407 e. The number of carbonyl (C=O) groups is 3. The minimum atomic E-state index is -1.13. The molecule has 6 rings (SSSR count). The molecule has 0 radical (unpaired) electrons. The number of likely N-dealkylation sites (tertiary alicyclic amines) is 2. The van der Waals surface area contributed by atoms with Gasteiger partial charge in [0.25, 0.3) is 0 Å². The molecule has 50 heavy (non-hydrogen) atoms. The van der Waals surface area contributed by atoms with Crippen LogP contribution in [0.25, 0.3) is 33.6 Å².